The van der Waals surface area contributed by atoms with Crippen molar-refractivity contribution >= 4 is 23.5 Å². The summed E-state index contributed by atoms with van der Waals surface area (Å²) in [5, 5.41) is 5.13. The van der Waals surface area contributed by atoms with Crippen LogP contribution in [0.1, 0.15) is 49.4 Å². The molecule has 0 bridgehead atoms. The average molecular weight is 411 g/mol. The Hall–Kier alpha value is -2.86. The number of amides is 1. The van der Waals surface area contributed by atoms with Crippen LogP contribution in [-0.2, 0) is 4.79 Å². The third-order valence-electron chi connectivity index (χ3n) is 5.31. The second-order valence-electron chi connectivity index (χ2n) is 7.11. The molecule has 0 saturated carbocycles. The van der Waals surface area contributed by atoms with Crippen LogP contribution in [0, 0.1) is 0 Å². The van der Waals surface area contributed by atoms with Crippen molar-refractivity contribution in [3.8, 4) is 5.75 Å². The van der Waals surface area contributed by atoms with E-state index in [0.29, 0.717) is 23.8 Å². The van der Waals surface area contributed by atoms with Crippen LogP contribution in [0.2, 0.25) is 5.02 Å². The third kappa shape index (κ3) is 3.72. The number of aromatic nitrogens is 3. The van der Waals surface area contributed by atoms with Crippen LogP contribution in [0.4, 0.5) is 5.95 Å². The predicted molar refractivity (Wildman–Crippen MR) is 112 cm³/mol. The summed E-state index contributed by atoms with van der Waals surface area (Å²) in [6.45, 7) is 2.01. The van der Waals surface area contributed by atoms with Crippen LogP contribution < -0.4 is 9.64 Å². The molecule has 1 aromatic heterocycles. The number of carbonyl (C=O) groups excluding carboxylic acids is 1. The van der Waals surface area contributed by atoms with E-state index in [9.17, 15) is 4.79 Å². The summed E-state index contributed by atoms with van der Waals surface area (Å²) in [4.78, 5) is 19.3. The smallest absolute Gasteiger partial charge is 0.231 e. The van der Waals surface area contributed by atoms with E-state index in [-0.39, 0.29) is 18.0 Å². The van der Waals surface area contributed by atoms with Gasteiger partial charge in [0, 0.05) is 11.4 Å². The molecule has 0 spiro atoms. The number of fused-ring (bicyclic) bond motifs is 1. The van der Waals surface area contributed by atoms with Crippen molar-refractivity contribution in [3.63, 3.8) is 0 Å². The molecule has 0 N–H and O–H groups in total. The molecule has 0 fully saturated rings. The Morgan fingerprint density at radius 3 is 2.41 bits per heavy atom. The molecule has 7 heteroatoms. The molecular formula is C22H23ClN4O2. The number of anilines is 1. The zero-order valence-corrected chi connectivity index (χ0v) is 17.2. The molecule has 2 atom stereocenters. The molecule has 1 amide bonds. The summed E-state index contributed by atoms with van der Waals surface area (Å²) in [6, 6.07) is 15.5. The van der Waals surface area contributed by atoms with Gasteiger partial charge in [0.25, 0.3) is 0 Å². The standard InChI is InChI=1S/C22H23ClN4O2/c1-3-4-21(28)26-19(15-7-11-18(29-2)12-8-15)13-20(27-22(26)24-14-25-27)16-5-9-17(23)10-6-16/h5-12,14,19-20H,3-4,13H2,1-2H3/t19-,20-/m0/s1. The van der Waals surface area contributed by atoms with Crippen LogP contribution in [-0.4, -0.2) is 27.8 Å². The van der Waals surface area contributed by atoms with Gasteiger partial charge in [-0.05, 0) is 48.2 Å². The van der Waals surface area contributed by atoms with Gasteiger partial charge >= 0.3 is 0 Å². The van der Waals surface area contributed by atoms with Crippen LogP contribution in [0.3, 0.4) is 0 Å². The lowest BCUT2D eigenvalue weighted by Gasteiger charge is -2.39. The fourth-order valence-corrected chi connectivity index (χ4v) is 4.01. The Morgan fingerprint density at radius 1 is 1.10 bits per heavy atom. The summed E-state index contributed by atoms with van der Waals surface area (Å²) in [7, 11) is 1.64. The normalized spacial score (nSPS) is 18.4. The lowest BCUT2D eigenvalue weighted by Crippen LogP contribution is -2.42. The number of halogens is 1. The van der Waals surface area contributed by atoms with Gasteiger partial charge in [-0.25, -0.2) is 4.68 Å². The first-order valence-electron chi connectivity index (χ1n) is 9.73. The molecule has 150 valence electrons. The van der Waals surface area contributed by atoms with E-state index in [0.717, 1.165) is 23.3 Å². The molecule has 0 aliphatic carbocycles. The molecule has 29 heavy (non-hydrogen) atoms. The van der Waals surface area contributed by atoms with Crippen LogP contribution in [0.5, 0.6) is 5.75 Å². The van der Waals surface area contributed by atoms with Gasteiger partial charge in [0.15, 0.2) is 0 Å². The minimum Gasteiger partial charge on any atom is -0.497 e. The highest BCUT2D eigenvalue weighted by molar-refractivity contribution is 6.30. The fourth-order valence-electron chi connectivity index (χ4n) is 3.89. The molecule has 2 aromatic carbocycles. The van der Waals surface area contributed by atoms with Gasteiger partial charge in [-0.3, -0.25) is 9.69 Å². The number of hydrogen-bond donors (Lipinski definition) is 0. The lowest BCUT2D eigenvalue weighted by molar-refractivity contribution is -0.119. The predicted octanol–water partition coefficient (Wildman–Crippen LogP) is 4.81. The Labute approximate surface area is 175 Å². The van der Waals surface area contributed by atoms with Crippen molar-refractivity contribution in [2.75, 3.05) is 12.0 Å². The summed E-state index contributed by atoms with van der Waals surface area (Å²) in [5.41, 5.74) is 2.13. The number of methoxy groups -OCH3 is 1. The molecule has 1 aliphatic rings. The number of ether oxygens (including phenoxy) is 1. The van der Waals surface area contributed by atoms with E-state index >= 15 is 0 Å². The van der Waals surface area contributed by atoms with Gasteiger partial charge in [-0.2, -0.15) is 10.1 Å². The highest BCUT2D eigenvalue weighted by Gasteiger charge is 2.38. The number of nitrogens with zero attached hydrogens (tertiary/aromatic N) is 4. The molecule has 3 aromatic rings. The second-order valence-corrected chi connectivity index (χ2v) is 7.55. The zero-order chi connectivity index (χ0) is 20.4. The summed E-state index contributed by atoms with van der Waals surface area (Å²) < 4.78 is 7.14. The second kappa shape index (κ2) is 8.25. The quantitative estimate of drug-likeness (QED) is 0.605. The Morgan fingerprint density at radius 2 is 1.76 bits per heavy atom. The van der Waals surface area contributed by atoms with E-state index in [1.807, 2.05) is 60.1 Å². The Balaban J connectivity index is 1.80. The molecule has 6 nitrogen and oxygen atoms in total. The van der Waals surface area contributed by atoms with E-state index < -0.39 is 0 Å². The van der Waals surface area contributed by atoms with E-state index in [1.54, 1.807) is 12.0 Å². The minimum atomic E-state index is -0.141. The molecular weight excluding hydrogens is 388 g/mol. The van der Waals surface area contributed by atoms with Gasteiger partial charge in [-0.1, -0.05) is 42.8 Å². The van der Waals surface area contributed by atoms with Crippen LogP contribution >= 0.6 is 11.6 Å². The van der Waals surface area contributed by atoms with Crippen molar-refractivity contribution in [1.29, 1.82) is 0 Å². The SMILES string of the molecule is CCCC(=O)N1c2ncnn2[C@H](c2ccc(Cl)cc2)C[C@H]1c1ccc(OC)cc1. The molecule has 4 rings (SSSR count). The van der Waals surface area contributed by atoms with Crippen molar-refractivity contribution in [3.05, 3.63) is 71.0 Å². The lowest BCUT2D eigenvalue weighted by atomic mass is 9.91. The maximum atomic E-state index is 13.1. The van der Waals surface area contributed by atoms with Crippen LogP contribution in [0.25, 0.3) is 0 Å². The molecule has 0 unspecified atom stereocenters. The highest BCUT2D eigenvalue weighted by Crippen LogP contribution is 2.42. The number of hydrogen-bond acceptors (Lipinski definition) is 4. The summed E-state index contributed by atoms with van der Waals surface area (Å²) in [6.07, 6.45) is 3.45. The number of benzene rings is 2. The summed E-state index contributed by atoms with van der Waals surface area (Å²) in [5.74, 6) is 1.42. The largest absolute Gasteiger partial charge is 0.497 e. The topological polar surface area (TPSA) is 60.2 Å². The average Bonchev–Trinajstić information content (AvgIpc) is 3.23. The first kappa shape index (κ1) is 19.5. The van der Waals surface area contributed by atoms with Crippen molar-refractivity contribution in [1.82, 2.24) is 14.8 Å². The third-order valence-corrected chi connectivity index (χ3v) is 5.56. The Bertz CT molecular complexity index is 985. The first-order chi connectivity index (χ1) is 14.1. The monoisotopic (exact) mass is 410 g/mol. The summed E-state index contributed by atoms with van der Waals surface area (Å²) >= 11 is 6.08. The molecule has 1 aliphatic heterocycles. The van der Waals surface area contributed by atoms with Gasteiger partial charge in [0.05, 0.1) is 19.2 Å². The van der Waals surface area contributed by atoms with Gasteiger partial charge < -0.3 is 4.74 Å². The first-order valence-corrected chi connectivity index (χ1v) is 10.1. The van der Waals surface area contributed by atoms with Crippen LogP contribution in [0.15, 0.2) is 54.9 Å². The van der Waals surface area contributed by atoms with Crippen molar-refractivity contribution < 1.29 is 9.53 Å². The molecule has 0 radical (unpaired) electrons. The fraction of sp³-hybridized carbons (Fsp3) is 0.318. The van der Waals surface area contributed by atoms with E-state index in [1.165, 1.54) is 6.33 Å². The highest BCUT2D eigenvalue weighted by atomic mass is 35.5. The maximum Gasteiger partial charge on any atom is 0.231 e. The zero-order valence-electron chi connectivity index (χ0n) is 16.5. The maximum absolute atomic E-state index is 13.1. The molecule has 2 heterocycles. The van der Waals surface area contributed by atoms with Gasteiger partial charge in [0.1, 0.15) is 12.1 Å². The van der Waals surface area contributed by atoms with Crippen molar-refractivity contribution in [2.24, 2.45) is 0 Å². The Kier molecular flexibility index (Phi) is 5.53. The minimum absolute atomic E-state index is 0.0393. The molecule has 0 saturated heterocycles. The van der Waals surface area contributed by atoms with E-state index in [2.05, 4.69) is 10.1 Å². The van der Waals surface area contributed by atoms with Crippen molar-refractivity contribution in [2.45, 2.75) is 38.3 Å². The number of rotatable bonds is 5. The van der Waals surface area contributed by atoms with Gasteiger partial charge in [-0.15, -0.1) is 0 Å². The van der Waals surface area contributed by atoms with E-state index in [4.69, 9.17) is 16.3 Å². The van der Waals surface area contributed by atoms with Gasteiger partial charge in [0.2, 0.25) is 11.9 Å². The number of carbonyl (C=O) groups is 1.